The Bertz CT molecular complexity index is 2730. The lowest BCUT2D eigenvalue weighted by Gasteiger charge is -2.28. The van der Waals surface area contributed by atoms with Crippen LogP contribution in [-0.2, 0) is 6.42 Å². The molecule has 3 aliphatic heterocycles. The van der Waals surface area contributed by atoms with Gasteiger partial charge >= 0.3 is 0 Å². The van der Waals surface area contributed by atoms with E-state index in [1.54, 1.807) is 0 Å². The lowest BCUT2D eigenvalue weighted by Crippen LogP contribution is -2.15. The highest BCUT2D eigenvalue weighted by molar-refractivity contribution is 7.99. The van der Waals surface area contributed by atoms with Crippen LogP contribution in [0.15, 0.2) is 199 Å². The molecule has 54 heavy (non-hydrogen) atoms. The topological polar surface area (TPSA) is 20.2 Å². The fourth-order valence-electron chi connectivity index (χ4n) is 8.12. The van der Waals surface area contributed by atoms with Crippen molar-refractivity contribution in [1.82, 2.24) is 4.57 Å². The van der Waals surface area contributed by atoms with E-state index in [-0.39, 0.29) is 6.04 Å². The summed E-state index contributed by atoms with van der Waals surface area (Å²) in [6.45, 7) is 9.18. The normalized spacial score (nSPS) is 17.1. The van der Waals surface area contributed by atoms with Crippen molar-refractivity contribution in [3.8, 4) is 5.69 Å². The molecule has 1 atom stereocenters. The molecular formula is C50H37N3S. The molecule has 3 aliphatic rings. The molecule has 1 aromatic heterocycles. The highest BCUT2D eigenvalue weighted by Gasteiger charge is 2.28. The Labute approximate surface area is 320 Å². The number of nitrogens with one attached hydrogen (secondary N) is 1. The first-order valence-electron chi connectivity index (χ1n) is 18.4. The van der Waals surface area contributed by atoms with Crippen molar-refractivity contribution < 1.29 is 0 Å². The van der Waals surface area contributed by atoms with E-state index in [9.17, 15) is 0 Å². The zero-order chi connectivity index (χ0) is 36.2. The second-order valence-corrected chi connectivity index (χ2v) is 15.1. The number of allylic oxidation sites excluding steroid dienone is 5. The number of para-hydroxylation sites is 2. The molecule has 258 valence electrons. The van der Waals surface area contributed by atoms with Gasteiger partial charge in [0.25, 0.3) is 0 Å². The average Bonchev–Trinajstić information content (AvgIpc) is 3.42. The summed E-state index contributed by atoms with van der Waals surface area (Å²) in [6.07, 6.45) is 11.6. The predicted octanol–water partition coefficient (Wildman–Crippen LogP) is 13.2. The van der Waals surface area contributed by atoms with Crippen LogP contribution in [0.4, 0.5) is 17.1 Å². The fourth-order valence-corrected chi connectivity index (χ4v) is 9.40. The van der Waals surface area contributed by atoms with E-state index in [4.69, 9.17) is 0 Å². The van der Waals surface area contributed by atoms with E-state index in [2.05, 4.69) is 204 Å². The summed E-state index contributed by atoms with van der Waals surface area (Å²) in [5.41, 5.74) is 16.2. The lowest BCUT2D eigenvalue weighted by atomic mass is 9.89. The highest BCUT2D eigenvalue weighted by Crippen LogP contribution is 2.49. The van der Waals surface area contributed by atoms with E-state index in [0.29, 0.717) is 0 Å². The van der Waals surface area contributed by atoms with Crippen molar-refractivity contribution in [3.63, 3.8) is 0 Å². The minimum absolute atomic E-state index is 0.0162. The molecule has 0 fully saturated rings. The molecule has 0 spiro atoms. The number of fused-ring (bicyclic) bond motifs is 6. The maximum absolute atomic E-state index is 4.63. The zero-order valence-corrected chi connectivity index (χ0v) is 30.6. The minimum Gasteiger partial charge on any atom is -0.374 e. The SMILES string of the molecule is C=C1Cc2c(n(-c3cccc(C4C=C(c5ccccc5)c5ccccc5N4)c3)c3cc4c(cc23)C(=C)/C=C\C=C/N4c2ccccc2)Sc2ccccc21. The molecule has 3 nitrogen and oxygen atoms in total. The van der Waals surface area contributed by atoms with Crippen LogP contribution in [0, 0.1) is 0 Å². The van der Waals surface area contributed by atoms with Gasteiger partial charge in [-0.15, -0.1) is 0 Å². The second-order valence-electron chi connectivity index (χ2n) is 14.0. The van der Waals surface area contributed by atoms with Gasteiger partial charge in [-0.05, 0) is 99.7 Å². The third-order valence-corrected chi connectivity index (χ3v) is 11.9. The molecule has 0 amide bonds. The molecule has 0 radical (unpaired) electrons. The van der Waals surface area contributed by atoms with E-state index in [1.807, 2.05) is 11.8 Å². The summed E-state index contributed by atoms with van der Waals surface area (Å²) in [7, 11) is 0. The number of benzene rings is 6. The molecule has 6 aromatic carbocycles. The minimum atomic E-state index is -0.0162. The first-order chi connectivity index (χ1) is 26.6. The average molecular weight is 712 g/mol. The van der Waals surface area contributed by atoms with Crippen LogP contribution in [0.2, 0.25) is 0 Å². The van der Waals surface area contributed by atoms with Crippen molar-refractivity contribution in [2.75, 3.05) is 10.2 Å². The number of aromatic nitrogens is 1. The molecule has 0 saturated heterocycles. The Balaban J connectivity index is 1.20. The molecule has 4 heteroatoms. The number of hydrogen-bond donors (Lipinski definition) is 1. The Morgan fingerprint density at radius 1 is 0.667 bits per heavy atom. The number of nitrogens with zero attached hydrogens (tertiary/aromatic N) is 2. The molecule has 0 bridgehead atoms. The van der Waals surface area contributed by atoms with Gasteiger partial charge in [0.2, 0.25) is 0 Å². The first kappa shape index (κ1) is 32.2. The summed E-state index contributed by atoms with van der Waals surface area (Å²) in [6, 6.07) is 52.4. The first-order valence-corrected chi connectivity index (χ1v) is 19.2. The molecule has 7 aromatic rings. The molecule has 4 heterocycles. The summed E-state index contributed by atoms with van der Waals surface area (Å²) in [5, 5.41) is 6.30. The van der Waals surface area contributed by atoms with Crippen molar-refractivity contribution in [3.05, 3.63) is 223 Å². The van der Waals surface area contributed by atoms with Gasteiger partial charge in [0.05, 0.1) is 22.3 Å². The number of rotatable bonds is 4. The van der Waals surface area contributed by atoms with Crippen molar-refractivity contribution in [2.24, 2.45) is 0 Å². The quantitative estimate of drug-likeness (QED) is 0.196. The van der Waals surface area contributed by atoms with Crippen molar-refractivity contribution >= 4 is 56.4 Å². The lowest BCUT2D eigenvalue weighted by molar-refractivity contribution is 0.937. The van der Waals surface area contributed by atoms with Gasteiger partial charge in [-0.2, -0.15) is 0 Å². The van der Waals surface area contributed by atoms with Gasteiger partial charge in [-0.1, -0.05) is 134 Å². The Morgan fingerprint density at radius 2 is 1.41 bits per heavy atom. The number of anilines is 3. The third-order valence-electron chi connectivity index (χ3n) is 10.7. The van der Waals surface area contributed by atoms with E-state index in [1.165, 1.54) is 48.7 Å². The zero-order valence-electron chi connectivity index (χ0n) is 29.7. The van der Waals surface area contributed by atoms with Crippen LogP contribution in [-0.4, -0.2) is 4.57 Å². The molecule has 1 unspecified atom stereocenters. The molecule has 1 N–H and O–H groups in total. The van der Waals surface area contributed by atoms with Gasteiger partial charge in [-0.3, -0.25) is 0 Å². The van der Waals surface area contributed by atoms with Gasteiger partial charge < -0.3 is 14.8 Å². The van der Waals surface area contributed by atoms with Gasteiger partial charge in [-0.25, -0.2) is 0 Å². The molecule has 0 saturated carbocycles. The monoisotopic (exact) mass is 711 g/mol. The maximum atomic E-state index is 4.63. The van der Waals surface area contributed by atoms with Gasteiger partial charge in [0.1, 0.15) is 0 Å². The summed E-state index contributed by atoms with van der Waals surface area (Å²) < 4.78 is 2.48. The summed E-state index contributed by atoms with van der Waals surface area (Å²) in [5.74, 6) is 0. The van der Waals surface area contributed by atoms with E-state index < -0.39 is 0 Å². The second kappa shape index (κ2) is 13.2. The van der Waals surface area contributed by atoms with E-state index >= 15 is 0 Å². The van der Waals surface area contributed by atoms with Crippen LogP contribution >= 0.6 is 11.8 Å². The largest absolute Gasteiger partial charge is 0.374 e. The third kappa shape index (κ3) is 5.46. The number of hydrogen-bond acceptors (Lipinski definition) is 3. The molecule has 0 aliphatic carbocycles. The molecular weight excluding hydrogens is 675 g/mol. The standard InChI is InChI=1S/C50H37N3S/c1-33-16-13-14-27-52(37-20-7-4-8-21-37)47-32-48-43(30-41(33)47)44-28-34(2)39-23-10-12-26-49(39)54-50(44)53(48)38-22-15-19-36(29-38)46-31-42(35-17-5-3-6-18-35)40-24-9-11-25-45(40)51-46/h3-27,29-32,46,51H,1-2,28H2/b16-13-,27-14-. The Morgan fingerprint density at radius 3 is 2.26 bits per heavy atom. The summed E-state index contributed by atoms with van der Waals surface area (Å²) >= 11 is 1.84. The Hall–Kier alpha value is -6.49. The van der Waals surface area contributed by atoms with Crippen LogP contribution < -0.4 is 10.2 Å². The van der Waals surface area contributed by atoms with Crippen LogP contribution in [0.3, 0.4) is 0 Å². The van der Waals surface area contributed by atoms with Crippen LogP contribution in [0.5, 0.6) is 0 Å². The van der Waals surface area contributed by atoms with Crippen molar-refractivity contribution in [2.45, 2.75) is 22.4 Å². The Kier molecular flexibility index (Phi) is 7.85. The van der Waals surface area contributed by atoms with Crippen LogP contribution in [0.25, 0.3) is 33.3 Å². The van der Waals surface area contributed by atoms with Crippen LogP contribution in [0.1, 0.15) is 39.4 Å². The molecule has 10 rings (SSSR count). The van der Waals surface area contributed by atoms with E-state index in [0.717, 1.165) is 51.4 Å². The van der Waals surface area contributed by atoms with Gasteiger partial charge in [0.15, 0.2) is 0 Å². The highest BCUT2D eigenvalue weighted by atomic mass is 32.2. The smallest absolute Gasteiger partial charge is 0.0889 e. The summed E-state index contributed by atoms with van der Waals surface area (Å²) in [4.78, 5) is 3.50. The van der Waals surface area contributed by atoms with Crippen molar-refractivity contribution in [1.29, 1.82) is 0 Å². The maximum Gasteiger partial charge on any atom is 0.0889 e. The fraction of sp³-hybridized carbons (Fsp3) is 0.0400. The predicted molar refractivity (Wildman–Crippen MR) is 229 cm³/mol. The van der Waals surface area contributed by atoms with Gasteiger partial charge in [0, 0.05) is 51.1 Å².